The summed E-state index contributed by atoms with van der Waals surface area (Å²) < 4.78 is 0. The smallest absolute Gasteiger partial charge is 0.321 e. The van der Waals surface area contributed by atoms with Crippen LogP contribution in [0.4, 0.5) is 10.5 Å². The van der Waals surface area contributed by atoms with Crippen LogP contribution in [-0.4, -0.2) is 47.3 Å². The van der Waals surface area contributed by atoms with Gasteiger partial charge in [0.25, 0.3) is 0 Å². The first-order valence-electron chi connectivity index (χ1n) is 10.6. The molecule has 0 radical (unpaired) electrons. The van der Waals surface area contributed by atoms with Crippen molar-refractivity contribution in [2.75, 3.05) is 31.5 Å². The lowest BCUT2D eigenvalue weighted by atomic mass is 10.2. The van der Waals surface area contributed by atoms with E-state index >= 15 is 0 Å². The van der Waals surface area contributed by atoms with Gasteiger partial charge in [0.1, 0.15) is 0 Å². The van der Waals surface area contributed by atoms with Crippen LogP contribution in [0.15, 0.2) is 53.4 Å². The highest BCUT2D eigenvalue weighted by atomic mass is 32.2. The van der Waals surface area contributed by atoms with Crippen LogP contribution in [0.5, 0.6) is 0 Å². The van der Waals surface area contributed by atoms with Gasteiger partial charge in [0.15, 0.2) is 0 Å². The van der Waals surface area contributed by atoms with Crippen LogP contribution in [0.1, 0.15) is 37.8 Å². The predicted octanol–water partition coefficient (Wildman–Crippen LogP) is 5.63. The standard InChI is InChI=1S/C24H33N3OS/c1-4-20(3)29-22-11-12-23(19(2)17-22)25-24(28)27-14-8-13-26(15-16-27)18-21-9-6-5-7-10-21/h5-7,9-12,17,20H,4,8,13-16,18H2,1-3H3,(H,25,28). The van der Waals surface area contributed by atoms with Crippen molar-refractivity contribution in [3.05, 3.63) is 59.7 Å². The van der Waals surface area contributed by atoms with Crippen LogP contribution in [0.2, 0.25) is 0 Å². The van der Waals surface area contributed by atoms with Crippen molar-refractivity contribution < 1.29 is 4.79 Å². The Labute approximate surface area is 179 Å². The average Bonchev–Trinajstić information content (AvgIpc) is 2.96. The molecule has 0 aliphatic carbocycles. The van der Waals surface area contributed by atoms with E-state index < -0.39 is 0 Å². The van der Waals surface area contributed by atoms with Crippen LogP contribution < -0.4 is 5.32 Å². The molecular weight excluding hydrogens is 378 g/mol. The van der Waals surface area contributed by atoms with E-state index in [4.69, 9.17) is 0 Å². The van der Waals surface area contributed by atoms with Crippen LogP contribution in [-0.2, 0) is 6.54 Å². The predicted molar refractivity (Wildman–Crippen MR) is 124 cm³/mol. The molecule has 156 valence electrons. The first-order chi connectivity index (χ1) is 14.0. The minimum atomic E-state index is 0.0111. The van der Waals surface area contributed by atoms with Crippen LogP contribution in [0.25, 0.3) is 0 Å². The molecule has 29 heavy (non-hydrogen) atoms. The number of anilines is 1. The third-order valence-corrected chi connectivity index (χ3v) is 6.74. The number of rotatable bonds is 6. The van der Waals surface area contributed by atoms with Crippen LogP contribution in [0.3, 0.4) is 0 Å². The Hall–Kier alpha value is -1.98. The fourth-order valence-electron chi connectivity index (χ4n) is 3.53. The van der Waals surface area contributed by atoms with Crippen molar-refractivity contribution in [1.29, 1.82) is 0 Å². The van der Waals surface area contributed by atoms with Gasteiger partial charge >= 0.3 is 6.03 Å². The lowest BCUT2D eigenvalue weighted by Gasteiger charge is -2.23. The zero-order chi connectivity index (χ0) is 20.6. The molecule has 1 atom stereocenters. The maximum absolute atomic E-state index is 12.8. The van der Waals surface area contributed by atoms with E-state index in [1.54, 1.807) is 0 Å². The summed E-state index contributed by atoms with van der Waals surface area (Å²) in [6.45, 7) is 11.0. The number of benzene rings is 2. The Morgan fingerprint density at radius 3 is 2.62 bits per heavy atom. The molecule has 0 saturated carbocycles. The van der Waals surface area contributed by atoms with E-state index in [9.17, 15) is 4.79 Å². The molecule has 1 unspecified atom stereocenters. The minimum absolute atomic E-state index is 0.0111. The minimum Gasteiger partial charge on any atom is -0.323 e. The highest BCUT2D eigenvalue weighted by Gasteiger charge is 2.19. The zero-order valence-electron chi connectivity index (χ0n) is 17.9. The Kier molecular flexibility index (Phi) is 8.01. The summed E-state index contributed by atoms with van der Waals surface area (Å²) in [5.74, 6) is 0. The van der Waals surface area contributed by atoms with E-state index in [1.807, 2.05) is 22.7 Å². The Morgan fingerprint density at radius 1 is 1.10 bits per heavy atom. The summed E-state index contributed by atoms with van der Waals surface area (Å²) in [5, 5.41) is 3.73. The van der Waals surface area contributed by atoms with Gasteiger partial charge in [-0.3, -0.25) is 4.90 Å². The molecule has 5 heteroatoms. The average molecular weight is 412 g/mol. The van der Waals surface area contributed by atoms with Crippen molar-refractivity contribution in [3.63, 3.8) is 0 Å². The lowest BCUT2D eigenvalue weighted by Crippen LogP contribution is -2.38. The summed E-state index contributed by atoms with van der Waals surface area (Å²) in [5.41, 5.74) is 3.36. The normalized spacial score (nSPS) is 16.3. The van der Waals surface area contributed by atoms with E-state index in [-0.39, 0.29) is 6.03 Å². The quantitative estimate of drug-likeness (QED) is 0.626. The van der Waals surface area contributed by atoms with Gasteiger partial charge in [-0.1, -0.05) is 44.2 Å². The molecule has 0 aromatic heterocycles. The molecule has 1 fully saturated rings. The maximum Gasteiger partial charge on any atom is 0.321 e. The number of nitrogens with zero attached hydrogens (tertiary/aromatic N) is 2. The number of carbonyl (C=O) groups is 1. The third-order valence-electron chi connectivity index (χ3n) is 5.48. The molecule has 1 heterocycles. The second-order valence-corrected chi connectivity index (χ2v) is 9.36. The number of aryl methyl sites for hydroxylation is 1. The number of carbonyl (C=O) groups excluding carboxylic acids is 1. The number of nitrogens with one attached hydrogen (secondary N) is 1. The lowest BCUT2D eigenvalue weighted by molar-refractivity contribution is 0.211. The molecule has 1 N–H and O–H groups in total. The largest absolute Gasteiger partial charge is 0.323 e. The van der Waals surface area contributed by atoms with Crippen LogP contribution in [0, 0.1) is 6.92 Å². The van der Waals surface area contributed by atoms with E-state index in [0.717, 1.165) is 56.8 Å². The first-order valence-corrected chi connectivity index (χ1v) is 11.5. The molecule has 0 bridgehead atoms. The Morgan fingerprint density at radius 2 is 1.90 bits per heavy atom. The number of hydrogen-bond donors (Lipinski definition) is 1. The molecule has 1 aliphatic rings. The second kappa shape index (κ2) is 10.7. The highest BCUT2D eigenvalue weighted by Crippen LogP contribution is 2.28. The zero-order valence-corrected chi connectivity index (χ0v) is 18.7. The highest BCUT2D eigenvalue weighted by molar-refractivity contribution is 7.99. The summed E-state index contributed by atoms with van der Waals surface area (Å²) in [6.07, 6.45) is 2.15. The third kappa shape index (κ3) is 6.51. The van der Waals surface area contributed by atoms with Crippen molar-refractivity contribution in [3.8, 4) is 0 Å². The topological polar surface area (TPSA) is 35.6 Å². The number of urea groups is 1. The van der Waals surface area contributed by atoms with Crippen molar-refractivity contribution in [1.82, 2.24) is 9.80 Å². The van der Waals surface area contributed by atoms with Gasteiger partial charge in [-0.15, -0.1) is 11.8 Å². The van der Waals surface area contributed by atoms with Gasteiger partial charge in [-0.2, -0.15) is 0 Å². The summed E-state index contributed by atoms with van der Waals surface area (Å²) in [7, 11) is 0. The van der Waals surface area contributed by atoms with Gasteiger partial charge in [-0.25, -0.2) is 4.79 Å². The second-order valence-electron chi connectivity index (χ2n) is 7.85. The van der Waals surface area contributed by atoms with Gasteiger partial charge < -0.3 is 10.2 Å². The SMILES string of the molecule is CCC(C)Sc1ccc(NC(=O)N2CCCN(Cc3ccccc3)CC2)c(C)c1. The van der Waals surface area contributed by atoms with E-state index in [1.165, 1.54) is 10.5 Å². The molecule has 2 aromatic rings. The molecule has 3 rings (SSSR count). The number of amides is 2. The van der Waals surface area contributed by atoms with E-state index in [2.05, 4.69) is 73.5 Å². The first kappa shape index (κ1) is 21.7. The molecular formula is C24H33N3OS. The molecule has 0 spiro atoms. The van der Waals surface area contributed by atoms with Gasteiger partial charge in [0.05, 0.1) is 0 Å². The Bertz CT molecular complexity index is 796. The van der Waals surface area contributed by atoms with Gasteiger partial charge in [-0.05, 0) is 49.1 Å². The monoisotopic (exact) mass is 411 g/mol. The Balaban J connectivity index is 1.54. The summed E-state index contributed by atoms with van der Waals surface area (Å²) in [4.78, 5) is 18.5. The molecule has 2 amide bonds. The van der Waals surface area contributed by atoms with E-state index in [0.29, 0.717) is 5.25 Å². The fraction of sp³-hybridized carbons (Fsp3) is 0.458. The molecule has 4 nitrogen and oxygen atoms in total. The van der Waals surface area contributed by atoms with Crippen molar-refractivity contribution in [2.45, 2.75) is 50.3 Å². The summed E-state index contributed by atoms with van der Waals surface area (Å²) in [6, 6.07) is 16.9. The maximum atomic E-state index is 12.8. The molecule has 1 saturated heterocycles. The summed E-state index contributed by atoms with van der Waals surface area (Å²) >= 11 is 1.89. The number of hydrogen-bond acceptors (Lipinski definition) is 3. The number of thioether (sulfide) groups is 1. The fourth-order valence-corrected chi connectivity index (χ4v) is 4.56. The molecule has 2 aromatic carbocycles. The molecule has 1 aliphatic heterocycles. The van der Waals surface area contributed by atoms with Gasteiger partial charge in [0, 0.05) is 48.6 Å². The van der Waals surface area contributed by atoms with Crippen molar-refractivity contribution in [2.24, 2.45) is 0 Å². The van der Waals surface area contributed by atoms with Crippen LogP contribution >= 0.6 is 11.8 Å². The van der Waals surface area contributed by atoms with Gasteiger partial charge in [0.2, 0.25) is 0 Å². The van der Waals surface area contributed by atoms with Crippen molar-refractivity contribution >= 4 is 23.5 Å².